The number of benzene rings is 1. The molecule has 0 radical (unpaired) electrons. The molecule has 0 aliphatic carbocycles. The Morgan fingerprint density at radius 1 is 1.20 bits per heavy atom. The van der Waals surface area contributed by atoms with Gasteiger partial charge in [-0.2, -0.15) is 0 Å². The Balaban J connectivity index is 2.33. The molecule has 0 atom stereocenters. The van der Waals surface area contributed by atoms with Crippen LogP contribution in [-0.2, 0) is 6.54 Å². The summed E-state index contributed by atoms with van der Waals surface area (Å²) in [6.45, 7) is 1.12. The van der Waals surface area contributed by atoms with Gasteiger partial charge in [0, 0.05) is 18.0 Å². The molecule has 0 aliphatic rings. The molecule has 0 heterocycles. The number of hydrogen-bond donors (Lipinski definition) is 1. The van der Waals surface area contributed by atoms with E-state index in [1.165, 1.54) is 6.07 Å². The van der Waals surface area contributed by atoms with Crippen LogP contribution in [0.2, 0.25) is 0 Å². The van der Waals surface area contributed by atoms with Gasteiger partial charge in [-0.15, -0.1) is 11.6 Å². The van der Waals surface area contributed by atoms with Crippen LogP contribution in [0.4, 0.5) is 8.78 Å². The van der Waals surface area contributed by atoms with E-state index in [1.54, 1.807) is 0 Å². The lowest BCUT2D eigenvalue weighted by Crippen LogP contribution is -2.15. The molecule has 1 rings (SSSR count). The highest BCUT2D eigenvalue weighted by Crippen LogP contribution is 2.09. The zero-order valence-corrected chi connectivity index (χ0v) is 9.16. The van der Waals surface area contributed by atoms with Gasteiger partial charge in [0.1, 0.15) is 11.6 Å². The van der Waals surface area contributed by atoms with Crippen molar-refractivity contribution in [1.82, 2.24) is 5.32 Å². The summed E-state index contributed by atoms with van der Waals surface area (Å²) in [6, 6.07) is 3.47. The summed E-state index contributed by atoms with van der Waals surface area (Å²) in [5.41, 5.74) is 0.362. The van der Waals surface area contributed by atoms with E-state index in [2.05, 4.69) is 5.32 Å². The normalized spacial score (nSPS) is 10.6. The lowest BCUT2D eigenvalue weighted by atomic mass is 10.2. The minimum Gasteiger partial charge on any atom is -0.313 e. The molecule has 15 heavy (non-hydrogen) atoms. The molecule has 0 aromatic heterocycles. The van der Waals surface area contributed by atoms with Crippen LogP contribution < -0.4 is 5.32 Å². The van der Waals surface area contributed by atoms with Gasteiger partial charge in [-0.25, -0.2) is 8.78 Å². The van der Waals surface area contributed by atoms with Crippen LogP contribution >= 0.6 is 11.6 Å². The highest BCUT2D eigenvalue weighted by atomic mass is 35.5. The van der Waals surface area contributed by atoms with Gasteiger partial charge in [0.15, 0.2) is 0 Å². The molecule has 0 bridgehead atoms. The van der Waals surface area contributed by atoms with Gasteiger partial charge in [-0.3, -0.25) is 0 Å². The van der Waals surface area contributed by atoms with E-state index in [0.29, 0.717) is 18.0 Å². The fourth-order valence-corrected chi connectivity index (χ4v) is 1.44. The Morgan fingerprint density at radius 2 is 2.00 bits per heavy atom. The van der Waals surface area contributed by atoms with Crippen LogP contribution in [0, 0.1) is 11.6 Å². The van der Waals surface area contributed by atoms with Gasteiger partial charge in [0.25, 0.3) is 0 Å². The van der Waals surface area contributed by atoms with E-state index in [-0.39, 0.29) is 5.82 Å². The molecule has 4 heteroatoms. The predicted molar refractivity (Wildman–Crippen MR) is 58.0 cm³/mol. The standard InChI is InChI=1S/C11H14ClF2N/c12-5-1-2-6-15-8-9-7-10(13)3-4-11(9)14/h3-4,7,15H,1-2,5-6,8H2. The minimum atomic E-state index is -0.408. The number of unbranched alkanes of at least 4 members (excludes halogenated alkanes) is 1. The molecule has 0 aliphatic heterocycles. The molecule has 1 nitrogen and oxygen atoms in total. The maximum atomic E-state index is 13.1. The zero-order chi connectivity index (χ0) is 11.1. The van der Waals surface area contributed by atoms with Crippen molar-refractivity contribution in [2.45, 2.75) is 19.4 Å². The second-order valence-corrected chi connectivity index (χ2v) is 3.69. The third-order valence-electron chi connectivity index (χ3n) is 2.06. The van der Waals surface area contributed by atoms with Gasteiger partial charge in [-0.1, -0.05) is 0 Å². The van der Waals surface area contributed by atoms with Crippen LogP contribution in [0.3, 0.4) is 0 Å². The largest absolute Gasteiger partial charge is 0.313 e. The Kier molecular flexibility index (Phi) is 5.58. The first kappa shape index (κ1) is 12.4. The maximum Gasteiger partial charge on any atom is 0.127 e. The predicted octanol–water partition coefficient (Wildman–Crippen LogP) is 3.07. The molecule has 0 fully saturated rings. The Morgan fingerprint density at radius 3 is 2.73 bits per heavy atom. The maximum absolute atomic E-state index is 13.1. The monoisotopic (exact) mass is 233 g/mol. The third kappa shape index (κ3) is 4.58. The minimum absolute atomic E-state index is 0.353. The summed E-state index contributed by atoms with van der Waals surface area (Å²) in [5, 5.41) is 3.04. The van der Waals surface area contributed by atoms with Crippen molar-refractivity contribution in [2.75, 3.05) is 12.4 Å². The van der Waals surface area contributed by atoms with Crippen molar-refractivity contribution < 1.29 is 8.78 Å². The van der Waals surface area contributed by atoms with E-state index in [0.717, 1.165) is 31.5 Å². The fraction of sp³-hybridized carbons (Fsp3) is 0.455. The Bertz CT molecular complexity index is 305. The van der Waals surface area contributed by atoms with Crippen molar-refractivity contribution in [3.8, 4) is 0 Å². The molecule has 1 aromatic carbocycles. The van der Waals surface area contributed by atoms with Crippen molar-refractivity contribution in [3.05, 3.63) is 35.4 Å². The van der Waals surface area contributed by atoms with E-state index in [4.69, 9.17) is 11.6 Å². The number of hydrogen-bond acceptors (Lipinski definition) is 1. The van der Waals surface area contributed by atoms with Crippen molar-refractivity contribution in [2.24, 2.45) is 0 Å². The van der Waals surface area contributed by atoms with E-state index in [9.17, 15) is 8.78 Å². The number of halogens is 3. The number of alkyl halides is 1. The molecular weight excluding hydrogens is 220 g/mol. The number of nitrogens with one attached hydrogen (secondary N) is 1. The van der Waals surface area contributed by atoms with Gasteiger partial charge in [0.05, 0.1) is 0 Å². The Hall–Kier alpha value is -0.670. The molecule has 0 unspecified atom stereocenters. The molecule has 1 aromatic rings. The number of rotatable bonds is 6. The highest BCUT2D eigenvalue weighted by Gasteiger charge is 2.02. The summed E-state index contributed by atoms with van der Waals surface area (Å²) in [5.74, 6) is -0.147. The highest BCUT2D eigenvalue weighted by molar-refractivity contribution is 6.17. The van der Waals surface area contributed by atoms with Crippen LogP contribution in [0.25, 0.3) is 0 Å². The van der Waals surface area contributed by atoms with Crippen molar-refractivity contribution in [1.29, 1.82) is 0 Å². The zero-order valence-electron chi connectivity index (χ0n) is 8.40. The van der Waals surface area contributed by atoms with Crippen LogP contribution in [0.1, 0.15) is 18.4 Å². The summed E-state index contributed by atoms with van der Waals surface area (Å²) in [4.78, 5) is 0. The lowest BCUT2D eigenvalue weighted by Gasteiger charge is -2.05. The lowest BCUT2D eigenvalue weighted by molar-refractivity contribution is 0.564. The van der Waals surface area contributed by atoms with Crippen LogP contribution in [0.5, 0.6) is 0 Å². The van der Waals surface area contributed by atoms with E-state index in [1.807, 2.05) is 0 Å². The first-order chi connectivity index (χ1) is 7.24. The molecule has 84 valence electrons. The van der Waals surface area contributed by atoms with Gasteiger partial charge in [-0.05, 0) is 37.6 Å². The second-order valence-electron chi connectivity index (χ2n) is 3.31. The van der Waals surface area contributed by atoms with E-state index >= 15 is 0 Å². The van der Waals surface area contributed by atoms with Gasteiger partial charge in [0.2, 0.25) is 0 Å². The second kappa shape index (κ2) is 6.75. The molecular formula is C11H14ClF2N. The van der Waals surface area contributed by atoms with Gasteiger partial charge < -0.3 is 5.32 Å². The first-order valence-corrected chi connectivity index (χ1v) is 5.48. The molecule has 0 saturated carbocycles. The van der Waals surface area contributed by atoms with Crippen LogP contribution in [-0.4, -0.2) is 12.4 Å². The average Bonchev–Trinajstić information content (AvgIpc) is 2.23. The summed E-state index contributed by atoms with van der Waals surface area (Å²) < 4.78 is 25.9. The summed E-state index contributed by atoms with van der Waals surface area (Å²) in [6.07, 6.45) is 1.88. The summed E-state index contributed by atoms with van der Waals surface area (Å²) in [7, 11) is 0. The van der Waals surface area contributed by atoms with Crippen molar-refractivity contribution in [3.63, 3.8) is 0 Å². The smallest absolute Gasteiger partial charge is 0.127 e. The third-order valence-corrected chi connectivity index (χ3v) is 2.33. The first-order valence-electron chi connectivity index (χ1n) is 4.94. The molecule has 0 spiro atoms. The van der Waals surface area contributed by atoms with Crippen molar-refractivity contribution >= 4 is 11.6 Å². The summed E-state index contributed by atoms with van der Waals surface area (Å²) >= 11 is 5.51. The molecule has 0 saturated heterocycles. The topological polar surface area (TPSA) is 12.0 Å². The quantitative estimate of drug-likeness (QED) is 0.588. The van der Waals surface area contributed by atoms with E-state index < -0.39 is 5.82 Å². The molecule has 1 N–H and O–H groups in total. The fourth-order valence-electron chi connectivity index (χ4n) is 1.25. The average molecular weight is 234 g/mol. The molecule has 0 amide bonds. The Labute approximate surface area is 93.4 Å². The van der Waals surface area contributed by atoms with Gasteiger partial charge >= 0.3 is 0 Å². The van der Waals surface area contributed by atoms with Crippen LogP contribution in [0.15, 0.2) is 18.2 Å². The SMILES string of the molecule is Fc1ccc(F)c(CNCCCCCl)c1.